The van der Waals surface area contributed by atoms with Gasteiger partial charge < -0.3 is 5.32 Å². The van der Waals surface area contributed by atoms with Crippen molar-refractivity contribution >= 4 is 29.1 Å². The fourth-order valence-electron chi connectivity index (χ4n) is 1.93. The fourth-order valence-corrected chi connectivity index (χ4v) is 2.40. The van der Waals surface area contributed by atoms with Crippen LogP contribution >= 0.6 is 23.2 Å². The number of aromatic nitrogens is 1. The zero-order chi connectivity index (χ0) is 11.5. The van der Waals surface area contributed by atoms with Gasteiger partial charge in [-0.05, 0) is 25.0 Å². The number of rotatable bonds is 2. The molecular weight excluding hydrogens is 247 g/mol. The lowest BCUT2D eigenvalue weighted by molar-refractivity contribution is 0.0938. The standard InChI is InChI=1S/C11H12Cl2N2O/c12-9-5-7(6-10(13)15-9)11(16)14-8-3-1-2-4-8/h5-6,8H,1-4H2,(H,14,16). The van der Waals surface area contributed by atoms with E-state index in [-0.39, 0.29) is 16.2 Å². The van der Waals surface area contributed by atoms with Crippen molar-refractivity contribution in [3.8, 4) is 0 Å². The van der Waals surface area contributed by atoms with E-state index in [1.54, 1.807) is 0 Å². The van der Waals surface area contributed by atoms with E-state index in [1.165, 1.54) is 25.0 Å². The average Bonchev–Trinajstić information content (AvgIpc) is 2.68. The van der Waals surface area contributed by atoms with Crippen LogP contribution in [-0.4, -0.2) is 16.9 Å². The number of amides is 1. The number of carbonyl (C=O) groups is 1. The summed E-state index contributed by atoms with van der Waals surface area (Å²) in [5, 5.41) is 3.45. The zero-order valence-corrected chi connectivity index (χ0v) is 10.2. The maximum atomic E-state index is 11.8. The maximum absolute atomic E-state index is 11.8. The van der Waals surface area contributed by atoms with Gasteiger partial charge in [0.05, 0.1) is 0 Å². The molecule has 0 aliphatic heterocycles. The first kappa shape index (κ1) is 11.7. The molecule has 0 aromatic carbocycles. The predicted molar refractivity (Wildman–Crippen MR) is 64.0 cm³/mol. The largest absolute Gasteiger partial charge is 0.349 e. The summed E-state index contributed by atoms with van der Waals surface area (Å²) in [6, 6.07) is 3.34. The van der Waals surface area contributed by atoms with Gasteiger partial charge in [-0.25, -0.2) is 4.98 Å². The van der Waals surface area contributed by atoms with E-state index in [0.29, 0.717) is 11.6 Å². The molecule has 2 rings (SSSR count). The molecule has 0 atom stereocenters. The Balaban J connectivity index is 2.07. The minimum atomic E-state index is -0.127. The number of hydrogen-bond acceptors (Lipinski definition) is 2. The quantitative estimate of drug-likeness (QED) is 0.829. The molecule has 1 aliphatic rings. The summed E-state index contributed by atoms with van der Waals surface area (Å²) >= 11 is 11.5. The summed E-state index contributed by atoms with van der Waals surface area (Å²) in [4.78, 5) is 15.6. The van der Waals surface area contributed by atoms with Crippen LogP contribution in [0.5, 0.6) is 0 Å². The predicted octanol–water partition coefficient (Wildman–Crippen LogP) is 3.06. The Morgan fingerprint density at radius 3 is 2.38 bits per heavy atom. The van der Waals surface area contributed by atoms with Gasteiger partial charge in [-0.3, -0.25) is 4.79 Å². The number of nitrogens with zero attached hydrogens (tertiary/aromatic N) is 1. The van der Waals surface area contributed by atoms with Crippen molar-refractivity contribution in [3.05, 3.63) is 28.0 Å². The first-order valence-corrected chi connectivity index (χ1v) is 6.05. The second kappa shape index (κ2) is 5.02. The van der Waals surface area contributed by atoms with E-state index >= 15 is 0 Å². The van der Waals surface area contributed by atoms with Crippen molar-refractivity contribution in [3.63, 3.8) is 0 Å². The molecule has 1 fully saturated rings. The van der Waals surface area contributed by atoms with Gasteiger partial charge in [0, 0.05) is 11.6 Å². The molecule has 0 radical (unpaired) electrons. The second-order valence-corrected chi connectivity index (χ2v) is 4.73. The van der Waals surface area contributed by atoms with Crippen LogP contribution in [0.4, 0.5) is 0 Å². The Kier molecular flexibility index (Phi) is 3.66. The van der Waals surface area contributed by atoms with Gasteiger partial charge in [0.2, 0.25) is 0 Å². The summed E-state index contributed by atoms with van der Waals surface area (Å²) in [5.74, 6) is -0.127. The van der Waals surface area contributed by atoms with Crippen molar-refractivity contribution in [2.24, 2.45) is 0 Å². The molecule has 1 heterocycles. The third-order valence-corrected chi connectivity index (χ3v) is 3.10. The van der Waals surface area contributed by atoms with Gasteiger partial charge in [0.15, 0.2) is 0 Å². The molecule has 1 saturated carbocycles. The van der Waals surface area contributed by atoms with Crippen LogP contribution in [-0.2, 0) is 0 Å². The highest BCUT2D eigenvalue weighted by Gasteiger charge is 2.18. The van der Waals surface area contributed by atoms with Crippen molar-refractivity contribution in [2.45, 2.75) is 31.7 Å². The van der Waals surface area contributed by atoms with Crippen LogP contribution in [0.2, 0.25) is 10.3 Å². The van der Waals surface area contributed by atoms with Crippen molar-refractivity contribution in [1.82, 2.24) is 10.3 Å². The summed E-state index contributed by atoms with van der Waals surface area (Å²) in [6.45, 7) is 0. The number of carbonyl (C=O) groups excluding carboxylic acids is 1. The van der Waals surface area contributed by atoms with Gasteiger partial charge in [-0.2, -0.15) is 0 Å². The second-order valence-electron chi connectivity index (χ2n) is 3.96. The van der Waals surface area contributed by atoms with Crippen molar-refractivity contribution in [2.75, 3.05) is 0 Å². The lowest BCUT2D eigenvalue weighted by Gasteiger charge is -2.11. The van der Waals surface area contributed by atoms with Crippen LogP contribution in [0.1, 0.15) is 36.0 Å². The van der Waals surface area contributed by atoms with Gasteiger partial charge in [0.1, 0.15) is 10.3 Å². The maximum Gasteiger partial charge on any atom is 0.251 e. The molecule has 16 heavy (non-hydrogen) atoms. The molecule has 0 spiro atoms. The van der Waals surface area contributed by atoms with Gasteiger partial charge in [-0.15, -0.1) is 0 Å². The first-order chi connectivity index (χ1) is 7.65. The van der Waals surface area contributed by atoms with E-state index in [1.807, 2.05) is 0 Å². The van der Waals surface area contributed by atoms with Gasteiger partial charge >= 0.3 is 0 Å². The molecular formula is C11H12Cl2N2O. The van der Waals surface area contributed by atoms with E-state index < -0.39 is 0 Å². The highest BCUT2D eigenvalue weighted by Crippen LogP contribution is 2.19. The monoisotopic (exact) mass is 258 g/mol. The molecule has 1 aromatic rings. The summed E-state index contributed by atoms with van der Waals surface area (Å²) in [7, 11) is 0. The molecule has 3 nitrogen and oxygen atoms in total. The number of halogens is 2. The Hall–Kier alpha value is -0.800. The van der Waals surface area contributed by atoms with E-state index in [2.05, 4.69) is 10.3 Å². The summed E-state index contributed by atoms with van der Waals surface area (Å²) in [5.41, 5.74) is 0.469. The first-order valence-electron chi connectivity index (χ1n) is 5.29. The lowest BCUT2D eigenvalue weighted by atomic mass is 10.2. The Morgan fingerprint density at radius 2 is 1.81 bits per heavy atom. The summed E-state index contributed by atoms with van der Waals surface area (Å²) in [6.07, 6.45) is 4.47. The zero-order valence-electron chi connectivity index (χ0n) is 8.67. The highest BCUT2D eigenvalue weighted by atomic mass is 35.5. The average molecular weight is 259 g/mol. The van der Waals surface area contributed by atoms with Crippen LogP contribution in [0.3, 0.4) is 0 Å². The molecule has 5 heteroatoms. The molecule has 1 aliphatic carbocycles. The van der Waals surface area contributed by atoms with E-state index in [4.69, 9.17) is 23.2 Å². The molecule has 1 N–H and O–H groups in total. The smallest absolute Gasteiger partial charge is 0.251 e. The molecule has 0 unspecified atom stereocenters. The van der Waals surface area contributed by atoms with Crippen molar-refractivity contribution in [1.29, 1.82) is 0 Å². The van der Waals surface area contributed by atoms with Crippen molar-refractivity contribution < 1.29 is 4.79 Å². The Bertz CT molecular complexity index is 383. The molecule has 1 amide bonds. The molecule has 1 aromatic heterocycles. The molecule has 0 saturated heterocycles. The Labute approximate surface area is 104 Å². The van der Waals surface area contributed by atoms with E-state index in [0.717, 1.165) is 12.8 Å². The number of hydrogen-bond donors (Lipinski definition) is 1. The Morgan fingerprint density at radius 1 is 1.25 bits per heavy atom. The van der Waals surface area contributed by atoms with Gasteiger partial charge in [-0.1, -0.05) is 36.0 Å². The van der Waals surface area contributed by atoms with Crippen LogP contribution < -0.4 is 5.32 Å². The van der Waals surface area contributed by atoms with Crippen LogP contribution in [0, 0.1) is 0 Å². The van der Waals surface area contributed by atoms with Crippen LogP contribution in [0.25, 0.3) is 0 Å². The minimum absolute atomic E-state index is 0.127. The summed E-state index contributed by atoms with van der Waals surface area (Å²) < 4.78 is 0. The third-order valence-electron chi connectivity index (χ3n) is 2.72. The SMILES string of the molecule is O=C(NC1CCCC1)c1cc(Cl)nc(Cl)c1. The minimum Gasteiger partial charge on any atom is -0.349 e. The number of nitrogens with one attached hydrogen (secondary N) is 1. The van der Waals surface area contributed by atoms with Gasteiger partial charge in [0.25, 0.3) is 5.91 Å². The molecule has 0 bridgehead atoms. The number of pyridine rings is 1. The lowest BCUT2D eigenvalue weighted by Crippen LogP contribution is -2.32. The van der Waals surface area contributed by atoms with E-state index in [9.17, 15) is 4.79 Å². The fraction of sp³-hybridized carbons (Fsp3) is 0.455. The van der Waals surface area contributed by atoms with Crippen LogP contribution in [0.15, 0.2) is 12.1 Å². The topological polar surface area (TPSA) is 42.0 Å². The third kappa shape index (κ3) is 2.86. The normalized spacial score (nSPS) is 16.4. The highest BCUT2D eigenvalue weighted by molar-refractivity contribution is 6.33. The molecule has 86 valence electrons.